The summed E-state index contributed by atoms with van der Waals surface area (Å²) in [5.41, 5.74) is 0. The maximum atomic E-state index is 13.4. The van der Waals surface area contributed by atoms with Crippen molar-refractivity contribution in [1.29, 1.82) is 0 Å². The lowest BCUT2D eigenvalue weighted by atomic mass is 9.94. The Morgan fingerprint density at radius 2 is 0.758 bits per heavy atom. The zero-order chi connectivity index (χ0) is 26.2. The topological polar surface area (TPSA) is 57.2 Å². The van der Waals surface area contributed by atoms with Crippen LogP contribution in [-0.2, 0) is 18.9 Å². The van der Waals surface area contributed by atoms with Crippen molar-refractivity contribution in [3.8, 4) is 0 Å². The number of rotatable bonds is 17. The number of hydrogen-bond donors (Lipinski definition) is 1. The fourth-order valence-electron chi connectivity index (χ4n) is 1.82. The lowest BCUT2D eigenvalue weighted by Crippen LogP contribution is -2.70. The molecule has 0 atom stereocenters. The Hall–Kier alpha value is -1.11. The van der Waals surface area contributed by atoms with Crippen molar-refractivity contribution in [3.05, 3.63) is 0 Å². The molecule has 0 spiro atoms. The Morgan fingerprint density at radius 3 is 1.12 bits per heavy atom. The molecule has 0 saturated carbocycles. The van der Waals surface area contributed by atoms with Gasteiger partial charge in [0.05, 0.1) is 52.9 Å². The first-order valence-electron chi connectivity index (χ1n) is 8.69. The Balaban J connectivity index is 4.73. The van der Waals surface area contributed by atoms with E-state index in [-0.39, 0.29) is 39.6 Å². The molecule has 0 aromatic heterocycles. The van der Waals surface area contributed by atoms with Crippen LogP contribution in [0.3, 0.4) is 0 Å². The van der Waals surface area contributed by atoms with E-state index >= 15 is 0 Å². The standard InChI is InChI=1S/C15H19F13O5/c16-10(17,9-33-8-7-32-6-5-31-4-3-30-2-1-29)11(18,19)12(20,21)13(22,23)14(24,25)15(26,27)28/h29H,1-9H2. The Morgan fingerprint density at radius 1 is 0.424 bits per heavy atom. The molecule has 18 heteroatoms. The highest BCUT2D eigenvalue weighted by molar-refractivity contribution is 5.10. The van der Waals surface area contributed by atoms with Gasteiger partial charge in [0.2, 0.25) is 0 Å². The molecule has 0 aliphatic rings. The van der Waals surface area contributed by atoms with Crippen LogP contribution >= 0.6 is 0 Å². The molecule has 0 aliphatic heterocycles. The van der Waals surface area contributed by atoms with Crippen LogP contribution in [0.4, 0.5) is 57.1 Å². The highest BCUT2D eigenvalue weighted by Crippen LogP contribution is 2.60. The predicted octanol–water partition coefficient (Wildman–Crippen LogP) is 3.78. The van der Waals surface area contributed by atoms with E-state index in [4.69, 9.17) is 19.3 Å². The molecule has 0 fully saturated rings. The summed E-state index contributed by atoms with van der Waals surface area (Å²) in [5.74, 6) is -37.2. The van der Waals surface area contributed by atoms with E-state index in [1.807, 2.05) is 0 Å². The van der Waals surface area contributed by atoms with Gasteiger partial charge in [-0.15, -0.1) is 0 Å². The number of halogens is 13. The van der Waals surface area contributed by atoms with Gasteiger partial charge >= 0.3 is 35.8 Å². The Labute approximate surface area is 177 Å². The number of ether oxygens (including phenoxy) is 4. The van der Waals surface area contributed by atoms with Gasteiger partial charge in [-0.1, -0.05) is 0 Å². The van der Waals surface area contributed by atoms with Crippen LogP contribution in [0.15, 0.2) is 0 Å². The molecule has 0 saturated heterocycles. The Bertz CT molecular complexity index is 569. The summed E-state index contributed by atoms with van der Waals surface area (Å²) in [6.45, 7) is -4.58. The van der Waals surface area contributed by atoms with Crippen LogP contribution in [0.1, 0.15) is 0 Å². The van der Waals surface area contributed by atoms with Crippen molar-refractivity contribution in [1.82, 2.24) is 0 Å². The molecule has 1 N–H and O–H groups in total. The van der Waals surface area contributed by atoms with E-state index in [1.54, 1.807) is 0 Å². The fraction of sp³-hybridized carbons (Fsp3) is 1.00. The van der Waals surface area contributed by atoms with Gasteiger partial charge in [0.1, 0.15) is 6.61 Å². The molecule has 33 heavy (non-hydrogen) atoms. The molecule has 0 aliphatic carbocycles. The van der Waals surface area contributed by atoms with E-state index in [9.17, 15) is 57.1 Å². The number of hydrogen-bond acceptors (Lipinski definition) is 5. The second-order valence-electron chi connectivity index (χ2n) is 6.11. The van der Waals surface area contributed by atoms with Crippen LogP contribution in [-0.4, -0.2) is 100 Å². The van der Waals surface area contributed by atoms with Gasteiger partial charge < -0.3 is 24.1 Å². The SMILES string of the molecule is OCCOCCOCCOCCOCC(F)(F)C(F)(F)C(F)(F)C(F)(F)C(F)(F)C(F)(F)F. The van der Waals surface area contributed by atoms with Gasteiger partial charge in [0, 0.05) is 0 Å². The third kappa shape index (κ3) is 7.43. The fourth-order valence-corrected chi connectivity index (χ4v) is 1.82. The second kappa shape index (κ2) is 12.0. The molecular weight excluding hydrogens is 507 g/mol. The quantitative estimate of drug-likeness (QED) is 0.231. The molecule has 0 aromatic rings. The smallest absolute Gasteiger partial charge is 0.394 e. The van der Waals surface area contributed by atoms with Crippen molar-refractivity contribution >= 4 is 0 Å². The zero-order valence-corrected chi connectivity index (χ0v) is 16.4. The van der Waals surface area contributed by atoms with Crippen molar-refractivity contribution in [3.63, 3.8) is 0 Å². The number of aliphatic hydroxyl groups is 1. The van der Waals surface area contributed by atoms with E-state index in [2.05, 4.69) is 4.74 Å². The first kappa shape index (κ1) is 31.9. The van der Waals surface area contributed by atoms with Crippen molar-refractivity contribution in [2.75, 3.05) is 59.5 Å². The summed E-state index contributed by atoms with van der Waals surface area (Å²) in [6.07, 6.45) is -7.45. The number of alkyl halides is 13. The first-order chi connectivity index (χ1) is 14.8. The van der Waals surface area contributed by atoms with Crippen LogP contribution in [0.25, 0.3) is 0 Å². The molecule has 0 rings (SSSR count). The number of aliphatic hydroxyl groups excluding tert-OH is 1. The molecule has 200 valence electrons. The van der Waals surface area contributed by atoms with Crippen LogP contribution in [0, 0.1) is 0 Å². The maximum Gasteiger partial charge on any atom is 0.460 e. The summed E-state index contributed by atoms with van der Waals surface area (Å²) >= 11 is 0. The average molecular weight is 526 g/mol. The van der Waals surface area contributed by atoms with Crippen LogP contribution in [0.2, 0.25) is 0 Å². The summed E-state index contributed by atoms with van der Waals surface area (Å²) in [7, 11) is 0. The predicted molar refractivity (Wildman–Crippen MR) is 81.2 cm³/mol. The molecule has 0 radical (unpaired) electrons. The highest BCUT2D eigenvalue weighted by Gasteiger charge is 2.90. The zero-order valence-electron chi connectivity index (χ0n) is 16.4. The van der Waals surface area contributed by atoms with Gasteiger partial charge in [-0.05, 0) is 0 Å². The minimum absolute atomic E-state index is 0.0647. The Kier molecular flexibility index (Phi) is 11.6. The molecular formula is C15H19F13O5. The van der Waals surface area contributed by atoms with E-state index < -0.39 is 55.6 Å². The lowest BCUT2D eigenvalue weighted by Gasteiger charge is -2.39. The largest absolute Gasteiger partial charge is 0.460 e. The maximum absolute atomic E-state index is 13.4. The minimum Gasteiger partial charge on any atom is -0.394 e. The van der Waals surface area contributed by atoms with Crippen molar-refractivity contribution < 1.29 is 81.1 Å². The van der Waals surface area contributed by atoms with Gasteiger partial charge in [-0.3, -0.25) is 0 Å². The summed E-state index contributed by atoms with van der Waals surface area (Å²) < 4.78 is 186. The monoisotopic (exact) mass is 526 g/mol. The van der Waals surface area contributed by atoms with Crippen molar-refractivity contribution in [2.24, 2.45) is 0 Å². The minimum atomic E-state index is -7.93. The van der Waals surface area contributed by atoms with E-state index in [1.165, 1.54) is 0 Å². The molecule has 0 aromatic carbocycles. The van der Waals surface area contributed by atoms with Gasteiger partial charge in [0.25, 0.3) is 0 Å². The van der Waals surface area contributed by atoms with Crippen LogP contribution < -0.4 is 0 Å². The first-order valence-corrected chi connectivity index (χ1v) is 8.69. The molecule has 0 heterocycles. The van der Waals surface area contributed by atoms with Gasteiger partial charge in [-0.2, -0.15) is 57.1 Å². The van der Waals surface area contributed by atoms with Crippen LogP contribution in [0.5, 0.6) is 0 Å². The summed E-state index contributed by atoms with van der Waals surface area (Å²) in [4.78, 5) is 0. The third-order valence-corrected chi connectivity index (χ3v) is 3.63. The second-order valence-corrected chi connectivity index (χ2v) is 6.11. The molecule has 0 bridgehead atoms. The summed E-state index contributed by atoms with van der Waals surface area (Å²) in [5, 5.41) is 8.41. The molecule has 0 amide bonds. The van der Waals surface area contributed by atoms with E-state index in [0.29, 0.717) is 0 Å². The van der Waals surface area contributed by atoms with Crippen molar-refractivity contribution in [2.45, 2.75) is 35.8 Å². The third-order valence-electron chi connectivity index (χ3n) is 3.63. The summed E-state index contributed by atoms with van der Waals surface area (Å²) in [6, 6.07) is 0. The molecule has 0 unspecified atom stereocenters. The lowest BCUT2D eigenvalue weighted by molar-refractivity contribution is -0.441. The highest BCUT2D eigenvalue weighted by atomic mass is 19.4. The average Bonchev–Trinajstić information content (AvgIpc) is 2.67. The van der Waals surface area contributed by atoms with Gasteiger partial charge in [-0.25, -0.2) is 0 Å². The molecule has 5 nitrogen and oxygen atoms in total. The van der Waals surface area contributed by atoms with Gasteiger partial charge in [0.15, 0.2) is 0 Å². The normalized spacial score (nSPS) is 14.7. The van der Waals surface area contributed by atoms with E-state index in [0.717, 1.165) is 0 Å².